The molecule has 2 N–H and O–H groups in total. The Bertz CT molecular complexity index is 736. The Balaban J connectivity index is 1.55. The molecule has 1 heterocycles. The molecule has 3 rings (SSSR count). The first-order valence-corrected chi connectivity index (χ1v) is 9.29. The molecule has 0 spiro atoms. The van der Waals surface area contributed by atoms with E-state index in [-0.39, 0.29) is 5.91 Å². The summed E-state index contributed by atoms with van der Waals surface area (Å²) in [7, 11) is 0. The molecule has 26 heavy (non-hydrogen) atoms. The fourth-order valence-corrected chi connectivity index (χ4v) is 3.74. The van der Waals surface area contributed by atoms with Crippen LogP contribution in [0.4, 0.5) is 0 Å². The highest BCUT2D eigenvalue weighted by atomic mass is 16.3. The van der Waals surface area contributed by atoms with Crippen LogP contribution in [0.25, 0.3) is 0 Å². The first-order chi connectivity index (χ1) is 12.5. The molecule has 1 saturated heterocycles. The van der Waals surface area contributed by atoms with Gasteiger partial charge in [-0.05, 0) is 49.3 Å². The second kappa shape index (κ2) is 8.02. The van der Waals surface area contributed by atoms with Gasteiger partial charge in [0.25, 0.3) is 5.91 Å². The van der Waals surface area contributed by atoms with Crippen molar-refractivity contribution < 1.29 is 15.0 Å². The number of amides is 1. The number of carbonyl (C=O) groups excluding carboxylic acids is 1. The average Bonchev–Trinajstić information content (AvgIpc) is 2.67. The summed E-state index contributed by atoms with van der Waals surface area (Å²) in [5.74, 6) is -0.229. The number of nitrogens with zero attached hydrogens (tertiary/aromatic N) is 1. The van der Waals surface area contributed by atoms with Crippen molar-refractivity contribution in [3.8, 4) is 0 Å². The van der Waals surface area contributed by atoms with Crippen LogP contribution in [-0.2, 0) is 16.8 Å². The Labute approximate surface area is 155 Å². The molecule has 1 fully saturated rings. The quantitative estimate of drug-likeness (QED) is 0.869. The van der Waals surface area contributed by atoms with Gasteiger partial charge in [-0.3, -0.25) is 4.79 Å². The van der Waals surface area contributed by atoms with Crippen LogP contribution >= 0.6 is 0 Å². The molecule has 0 aromatic heterocycles. The van der Waals surface area contributed by atoms with Gasteiger partial charge < -0.3 is 15.1 Å². The number of rotatable bonds is 5. The number of piperidine rings is 1. The van der Waals surface area contributed by atoms with Crippen LogP contribution in [0, 0.1) is 6.92 Å². The summed E-state index contributed by atoms with van der Waals surface area (Å²) in [5.41, 5.74) is 2.23. The number of hydrogen-bond donors (Lipinski definition) is 2. The summed E-state index contributed by atoms with van der Waals surface area (Å²) in [6, 6.07) is 17.7. The second-order valence-electron chi connectivity index (χ2n) is 7.21. The summed E-state index contributed by atoms with van der Waals surface area (Å²) in [5, 5.41) is 21.3. The van der Waals surface area contributed by atoms with E-state index in [0.29, 0.717) is 38.8 Å². The number of aliphatic hydroxyl groups is 2. The van der Waals surface area contributed by atoms with E-state index >= 15 is 0 Å². The molecule has 1 aliphatic rings. The van der Waals surface area contributed by atoms with E-state index < -0.39 is 11.7 Å². The van der Waals surface area contributed by atoms with E-state index in [0.717, 1.165) is 16.7 Å². The van der Waals surface area contributed by atoms with Crippen molar-refractivity contribution in [3.63, 3.8) is 0 Å². The number of benzene rings is 2. The maximum absolute atomic E-state index is 12.5. The average molecular weight is 353 g/mol. The number of aliphatic hydroxyl groups excluding tert-OH is 1. The van der Waals surface area contributed by atoms with Crippen molar-refractivity contribution in [2.75, 3.05) is 13.1 Å². The predicted molar refractivity (Wildman–Crippen MR) is 102 cm³/mol. The fraction of sp³-hybridized carbons (Fsp3) is 0.409. The smallest absolute Gasteiger partial charge is 0.251 e. The lowest BCUT2D eigenvalue weighted by Gasteiger charge is -2.39. The van der Waals surface area contributed by atoms with Gasteiger partial charge in [0.1, 0.15) is 6.10 Å². The first-order valence-electron chi connectivity index (χ1n) is 9.29. The number of aryl methyl sites for hydroxylation is 2. The third-order valence-electron chi connectivity index (χ3n) is 5.38. The summed E-state index contributed by atoms with van der Waals surface area (Å²) in [6.45, 7) is 2.93. The lowest BCUT2D eigenvalue weighted by atomic mass is 9.82. The van der Waals surface area contributed by atoms with Gasteiger partial charge in [0.05, 0.1) is 5.60 Å². The van der Waals surface area contributed by atoms with Crippen molar-refractivity contribution in [1.29, 1.82) is 0 Å². The highest BCUT2D eigenvalue weighted by Gasteiger charge is 2.37. The SMILES string of the molecule is Cc1ccccc1C1(O)CCN(C(=O)C(O)CCc2ccccc2)CC1. The highest BCUT2D eigenvalue weighted by molar-refractivity contribution is 5.80. The molecule has 2 aromatic carbocycles. The molecule has 1 aliphatic heterocycles. The molecule has 0 aliphatic carbocycles. The Hall–Kier alpha value is -2.17. The van der Waals surface area contributed by atoms with Crippen molar-refractivity contribution in [2.24, 2.45) is 0 Å². The second-order valence-corrected chi connectivity index (χ2v) is 7.21. The molecule has 4 nitrogen and oxygen atoms in total. The summed E-state index contributed by atoms with van der Waals surface area (Å²) in [6.07, 6.45) is 1.10. The zero-order valence-electron chi connectivity index (χ0n) is 15.3. The zero-order valence-corrected chi connectivity index (χ0v) is 15.3. The van der Waals surface area contributed by atoms with E-state index in [2.05, 4.69) is 0 Å². The number of hydrogen-bond acceptors (Lipinski definition) is 3. The minimum Gasteiger partial charge on any atom is -0.385 e. The molecule has 0 radical (unpaired) electrons. The van der Waals surface area contributed by atoms with Crippen LogP contribution < -0.4 is 0 Å². The number of likely N-dealkylation sites (tertiary alicyclic amines) is 1. The third-order valence-corrected chi connectivity index (χ3v) is 5.38. The molecule has 138 valence electrons. The molecule has 1 unspecified atom stereocenters. The van der Waals surface area contributed by atoms with Gasteiger partial charge in [-0.15, -0.1) is 0 Å². The topological polar surface area (TPSA) is 60.8 Å². The van der Waals surface area contributed by atoms with Crippen molar-refractivity contribution in [1.82, 2.24) is 4.90 Å². The van der Waals surface area contributed by atoms with E-state index in [1.807, 2.05) is 61.5 Å². The minimum atomic E-state index is -0.986. The fourth-order valence-electron chi connectivity index (χ4n) is 3.74. The monoisotopic (exact) mass is 353 g/mol. The van der Waals surface area contributed by atoms with Crippen LogP contribution in [0.15, 0.2) is 54.6 Å². The normalized spacial score (nSPS) is 17.7. The molecule has 0 bridgehead atoms. The molecule has 2 aromatic rings. The van der Waals surface area contributed by atoms with Crippen molar-refractivity contribution in [2.45, 2.75) is 44.3 Å². The van der Waals surface area contributed by atoms with Crippen LogP contribution in [0.1, 0.15) is 36.0 Å². The molecule has 1 amide bonds. The highest BCUT2D eigenvalue weighted by Crippen LogP contribution is 2.34. The van der Waals surface area contributed by atoms with Crippen LogP contribution in [0.3, 0.4) is 0 Å². The zero-order chi connectivity index (χ0) is 18.6. The summed E-state index contributed by atoms with van der Waals surface area (Å²) >= 11 is 0. The molecule has 0 saturated carbocycles. The third kappa shape index (κ3) is 4.14. The van der Waals surface area contributed by atoms with Crippen LogP contribution in [0.5, 0.6) is 0 Å². The van der Waals surface area contributed by atoms with E-state index in [4.69, 9.17) is 0 Å². The summed E-state index contributed by atoms with van der Waals surface area (Å²) in [4.78, 5) is 14.2. The standard InChI is InChI=1S/C22H27NO3/c1-17-7-5-6-10-19(17)22(26)13-15-23(16-14-22)21(25)20(24)12-11-18-8-3-2-4-9-18/h2-10,20,24,26H,11-16H2,1H3. The molecule has 4 heteroatoms. The molecular formula is C22H27NO3. The van der Waals surface area contributed by atoms with Crippen LogP contribution in [-0.4, -0.2) is 40.2 Å². The van der Waals surface area contributed by atoms with E-state index in [1.165, 1.54) is 0 Å². The lowest BCUT2D eigenvalue weighted by molar-refractivity contribution is -0.145. The van der Waals surface area contributed by atoms with Crippen molar-refractivity contribution in [3.05, 3.63) is 71.3 Å². The van der Waals surface area contributed by atoms with Crippen LogP contribution in [0.2, 0.25) is 0 Å². The van der Waals surface area contributed by atoms with E-state index in [1.54, 1.807) is 4.90 Å². The Morgan fingerprint density at radius 2 is 1.69 bits per heavy atom. The maximum atomic E-state index is 12.5. The van der Waals surface area contributed by atoms with E-state index in [9.17, 15) is 15.0 Å². The molecule has 1 atom stereocenters. The van der Waals surface area contributed by atoms with Gasteiger partial charge in [0.2, 0.25) is 0 Å². The van der Waals surface area contributed by atoms with Crippen molar-refractivity contribution >= 4 is 5.91 Å². The lowest BCUT2D eigenvalue weighted by Crippen LogP contribution is -2.48. The number of carbonyl (C=O) groups is 1. The Kier molecular flexibility index (Phi) is 5.74. The summed E-state index contributed by atoms with van der Waals surface area (Å²) < 4.78 is 0. The maximum Gasteiger partial charge on any atom is 0.251 e. The first kappa shape index (κ1) is 18.6. The van der Waals surface area contributed by atoms with Gasteiger partial charge in [-0.2, -0.15) is 0 Å². The van der Waals surface area contributed by atoms with Gasteiger partial charge in [0, 0.05) is 13.1 Å². The largest absolute Gasteiger partial charge is 0.385 e. The van der Waals surface area contributed by atoms with Gasteiger partial charge >= 0.3 is 0 Å². The predicted octanol–water partition coefficient (Wildman–Crippen LogP) is 2.80. The van der Waals surface area contributed by atoms with Gasteiger partial charge in [-0.1, -0.05) is 54.6 Å². The Morgan fingerprint density at radius 3 is 2.35 bits per heavy atom. The molecular weight excluding hydrogens is 326 g/mol. The van der Waals surface area contributed by atoms with Gasteiger partial charge in [0.15, 0.2) is 0 Å². The Morgan fingerprint density at radius 1 is 1.08 bits per heavy atom. The van der Waals surface area contributed by atoms with Gasteiger partial charge in [-0.25, -0.2) is 0 Å². The minimum absolute atomic E-state index is 0.229.